The highest BCUT2D eigenvalue weighted by Gasteiger charge is 2.06. The molecule has 3 heteroatoms. The fraction of sp³-hybridized carbons (Fsp3) is 0.625. The van der Waals surface area contributed by atoms with E-state index < -0.39 is 0 Å². The summed E-state index contributed by atoms with van der Waals surface area (Å²) in [6.45, 7) is 5.36. The van der Waals surface area contributed by atoms with Gasteiger partial charge in [-0.25, -0.2) is 0 Å². The Morgan fingerprint density at radius 1 is 1.82 bits per heavy atom. The summed E-state index contributed by atoms with van der Waals surface area (Å²) in [5.74, 6) is 0.0777. The van der Waals surface area contributed by atoms with E-state index in [9.17, 15) is 4.79 Å². The molecule has 0 spiro atoms. The number of carbonyl (C=O) groups is 1. The molecule has 0 aliphatic rings. The topological polar surface area (TPSA) is 26.3 Å². The van der Waals surface area contributed by atoms with E-state index in [-0.39, 0.29) is 18.5 Å². The summed E-state index contributed by atoms with van der Waals surface area (Å²) >= 11 is 5.34. The average molecular weight is 177 g/mol. The van der Waals surface area contributed by atoms with Crippen LogP contribution < -0.4 is 0 Å². The van der Waals surface area contributed by atoms with Gasteiger partial charge >= 0.3 is 5.97 Å². The van der Waals surface area contributed by atoms with Crippen LogP contribution in [0.15, 0.2) is 12.7 Å². The smallest absolute Gasteiger partial charge is 0.307 e. The lowest BCUT2D eigenvalue weighted by Crippen LogP contribution is -2.14. The van der Waals surface area contributed by atoms with Crippen LogP contribution in [0.25, 0.3) is 0 Å². The Morgan fingerprint density at radius 3 is 2.91 bits per heavy atom. The van der Waals surface area contributed by atoms with Crippen LogP contribution in [0, 0.1) is 0 Å². The maximum absolute atomic E-state index is 10.8. The van der Waals surface area contributed by atoms with Crippen molar-refractivity contribution in [2.24, 2.45) is 0 Å². The monoisotopic (exact) mass is 176 g/mol. The van der Waals surface area contributed by atoms with Crippen molar-refractivity contribution in [2.75, 3.05) is 5.88 Å². The largest absolute Gasteiger partial charge is 0.462 e. The maximum atomic E-state index is 10.8. The SMILES string of the molecule is C=CCC(C)OC(=O)CCCl. The van der Waals surface area contributed by atoms with Gasteiger partial charge in [0.15, 0.2) is 0 Å². The lowest BCUT2D eigenvalue weighted by Gasteiger charge is -2.09. The van der Waals surface area contributed by atoms with Crippen LogP contribution in [-0.2, 0) is 9.53 Å². The molecular weight excluding hydrogens is 164 g/mol. The molecule has 0 rings (SSSR count). The van der Waals surface area contributed by atoms with Gasteiger partial charge < -0.3 is 4.74 Å². The molecule has 0 aliphatic heterocycles. The number of carbonyl (C=O) groups excluding carboxylic acids is 1. The molecule has 0 aromatic rings. The molecule has 0 aromatic heterocycles. The number of rotatable bonds is 5. The quantitative estimate of drug-likeness (QED) is 0.365. The van der Waals surface area contributed by atoms with Crippen molar-refractivity contribution < 1.29 is 9.53 Å². The van der Waals surface area contributed by atoms with E-state index in [1.165, 1.54) is 0 Å². The molecule has 2 nitrogen and oxygen atoms in total. The first kappa shape index (κ1) is 10.5. The van der Waals surface area contributed by atoms with Crippen molar-refractivity contribution in [3.8, 4) is 0 Å². The zero-order valence-electron chi connectivity index (χ0n) is 6.68. The molecule has 0 fully saturated rings. The highest BCUT2D eigenvalue weighted by atomic mass is 35.5. The van der Waals surface area contributed by atoms with Gasteiger partial charge in [0.2, 0.25) is 0 Å². The van der Waals surface area contributed by atoms with Gasteiger partial charge in [-0.1, -0.05) is 6.08 Å². The molecule has 0 saturated carbocycles. The summed E-state index contributed by atoms with van der Waals surface area (Å²) in [7, 11) is 0. The van der Waals surface area contributed by atoms with E-state index in [0.717, 1.165) is 0 Å². The van der Waals surface area contributed by atoms with E-state index in [1.54, 1.807) is 6.08 Å². The number of hydrogen-bond donors (Lipinski definition) is 0. The molecule has 64 valence electrons. The van der Waals surface area contributed by atoms with Crippen LogP contribution in [0.2, 0.25) is 0 Å². The van der Waals surface area contributed by atoms with Gasteiger partial charge in [-0.3, -0.25) is 4.79 Å². The molecule has 0 heterocycles. The van der Waals surface area contributed by atoms with E-state index >= 15 is 0 Å². The molecule has 0 saturated heterocycles. The van der Waals surface area contributed by atoms with E-state index in [4.69, 9.17) is 16.3 Å². The summed E-state index contributed by atoms with van der Waals surface area (Å²) in [4.78, 5) is 10.8. The van der Waals surface area contributed by atoms with Crippen LogP contribution >= 0.6 is 11.6 Å². The summed E-state index contributed by atoms with van der Waals surface area (Å²) in [5.41, 5.74) is 0. The molecule has 0 aromatic carbocycles. The maximum Gasteiger partial charge on any atom is 0.307 e. The molecule has 11 heavy (non-hydrogen) atoms. The van der Waals surface area contributed by atoms with Crippen LogP contribution in [0.3, 0.4) is 0 Å². The van der Waals surface area contributed by atoms with Crippen LogP contribution in [0.4, 0.5) is 0 Å². The van der Waals surface area contributed by atoms with Crippen molar-refractivity contribution >= 4 is 17.6 Å². The summed E-state index contributed by atoms with van der Waals surface area (Å²) < 4.78 is 4.94. The molecule has 0 N–H and O–H groups in total. The first-order valence-electron chi connectivity index (χ1n) is 3.57. The van der Waals surface area contributed by atoms with Crippen molar-refractivity contribution in [1.29, 1.82) is 0 Å². The predicted molar refractivity (Wildman–Crippen MR) is 45.7 cm³/mol. The second-order valence-electron chi connectivity index (χ2n) is 2.26. The molecule has 0 aliphatic carbocycles. The van der Waals surface area contributed by atoms with Gasteiger partial charge in [-0.2, -0.15) is 0 Å². The van der Waals surface area contributed by atoms with Crippen molar-refractivity contribution in [1.82, 2.24) is 0 Å². The molecule has 0 bridgehead atoms. The normalized spacial score (nSPS) is 12.2. The van der Waals surface area contributed by atoms with Gasteiger partial charge in [-0.05, 0) is 6.92 Å². The summed E-state index contributed by atoms with van der Waals surface area (Å²) in [6.07, 6.45) is 2.61. The standard InChI is InChI=1S/C8H13ClO2/c1-3-4-7(2)11-8(10)5-6-9/h3,7H,1,4-6H2,2H3. The fourth-order valence-corrected chi connectivity index (χ4v) is 0.798. The molecule has 0 radical (unpaired) electrons. The first-order chi connectivity index (χ1) is 5.20. The van der Waals surface area contributed by atoms with E-state index in [0.29, 0.717) is 12.3 Å². The fourth-order valence-electron chi connectivity index (χ4n) is 0.643. The minimum absolute atomic E-state index is 0.0804. The minimum Gasteiger partial charge on any atom is -0.462 e. The van der Waals surface area contributed by atoms with Crippen LogP contribution in [0.5, 0.6) is 0 Å². The zero-order valence-corrected chi connectivity index (χ0v) is 7.43. The Hall–Kier alpha value is -0.500. The Bertz CT molecular complexity index is 134. The van der Waals surface area contributed by atoms with Gasteiger partial charge in [0.25, 0.3) is 0 Å². The Balaban J connectivity index is 3.48. The average Bonchev–Trinajstić information content (AvgIpc) is 1.87. The first-order valence-corrected chi connectivity index (χ1v) is 4.10. The van der Waals surface area contributed by atoms with E-state index in [1.807, 2.05) is 6.92 Å². The third-order valence-corrected chi connectivity index (χ3v) is 1.32. The summed E-state index contributed by atoms with van der Waals surface area (Å²) in [5, 5.41) is 0. The number of esters is 1. The van der Waals surface area contributed by atoms with Crippen molar-refractivity contribution in [3.05, 3.63) is 12.7 Å². The molecular formula is C8H13ClO2. The minimum atomic E-state index is -0.241. The highest BCUT2D eigenvalue weighted by molar-refractivity contribution is 6.18. The second-order valence-corrected chi connectivity index (χ2v) is 2.64. The Labute approximate surface area is 72.2 Å². The Morgan fingerprint density at radius 2 is 2.45 bits per heavy atom. The third-order valence-electron chi connectivity index (χ3n) is 1.13. The van der Waals surface area contributed by atoms with Crippen molar-refractivity contribution in [3.63, 3.8) is 0 Å². The number of ether oxygens (including phenoxy) is 1. The lowest BCUT2D eigenvalue weighted by atomic mass is 10.3. The lowest BCUT2D eigenvalue weighted by molar-refractivity contribution is -0.147. The number of alkyl halides is 1. The molecule has 1 atom stereocenters. The van der Waals surface area contributed by atoms with Gasteiger partial charge in [0.05, 0.1) is 6.42 Å². The van der Waals surface area contributed by atoms with Gasteiger partial charge in [0, 0.05) is 12.3 Å². The molecule has 1 unspecified atom stereocenters. The molecule has 0 amide bonds. The highest BCUT2D eigenvalue weighted by Crippen LogP contribution is 2.00. The van der Waals surface area contributed by atoms with Crippen molar-refractivity contribution in [2.45, 2.75) is 25.9 Å². The Kier molecular flexibility index (Phi) is 5.94. The van der Waals surface area contributed by atoms with Crippen LogP contribution in [0.1, 0.15) is 19.8 Å². The third kappa shape index (κ3) is 5.92. The predicted octanol–water partition coefficient (Wildman–Crippen LogP) is 2.12. The van der Waals surface area contributed by atoms with Crippen LogP contribution in [-0.4, -0.2) is 18.0 Å². The van der Waals surface area contributed by atoms with Gasteiger partial charge in [0.1, 0.15) is 6.10 Å². The number of halogens is 1. The van der Waals surface area contributed by atoms with E-state index in [2.05, 4.69) is 6.58 Å². The number of hydrogen-bond acceptors (Lipinski definition) is 2. The van der Waals surface area contributed by atoms with Gasteiger partial charge in [-0.15, -0.1) is 18.2 Å². The second kappa shape index (κ2) is 6.23. The summed E-state index contributed by atoms with van der Waals surface area (Å²) in [6, 6.07) is 0. The zero-order chi connectivity index (χ0) is 8.69.